The van der Waals surface area contributed by atoms with Crippen molar-refractivity contribution in [2.75, 3.05) is 23.9 Å². The number of carbonyl (C=O) groups excluding carboxylic acids is 2. The monoisotopic (exact) mass is 396 g/mol. The van der Waals surface area contributed by atoms with Crippen molar-refractivity contribution >= 4 is 44.3 Å². The van der Waals surface area contributed by atoms with Crippen molar-refractivity contribution in [3.63, 3.8) is 0 Å². The minimum Gasteiger partial charge on any atom is -0.497 e. The van der Waals surface area contributed by atoms with Crippen LogP contribution in [0.4, 0.5) is 15.6 Å². The van der Waals surface area contributed by atoms with Gasteiger partial charge >= 0.3 is 6.03 Å². The summed E-state index contributed by atoms with van der Waals surface area (Å²) in [4.78, 5) is 30.9. The average molecular weight is 396 g/mol. The number of nitrogens with one attached hydrogen (secondary N) is 2. The fraction of sp³-hybridized carbons (Fsp3) is 0.250. The highest BCUT2D eigenvalue weighted by Crippen LogP contribution is 2.28. The summed E-state index contributed by atoms with van der Waals surface area (Å²) in [6, 6.07) is 12.6. The molecule has 3 amide bonds. The van der Waals surface area contributed by atoms with Gasteiger partial charge < -0.3 is 15.0 Å². The van der Waals surface area contributed by atoms with Gasteiger partial charge in [0.2, 0.25) is 5.91 Å². The van der Waals surface area contributed by atoms with E-state index in [1.54, 1.807) is 12.0 Å². The number of anilines is 2. The number of para-hydroxylation sites is 1. The average Bonchev–Trinajstić information content (AvgIpc) is 3.25. The van der Waals surface area contributed by atoms with E-state index in [0.29, 0.717) is 17.4 Å². The second-order valence-electron chi connectivity index (χ2n) is 6.65. The van der Waals surface area contributed by atoms with Crippen molar-refractivity contribution in [1.29, 1.82) is 0 Å². The van der Waals surface area contributed by atoms with Crippen LogP contribution in [0.15, 0.2) is 42.5 Å². The third-order valence-electron chi connectivity index (χ3n) is 4.67. The predicted octanol–water partition coefficient (Wildman–Crippen LogP) is 3.54. The highest BCUT2D eigenvalue weighted by atomic mass is 32.1. The summed E-state index contributed by atoms with van der Waals surface area (Å²) < 4.78 is 6.24. The van der Waals surface area contributed by atoms with E-state index in [9.17, 15) is 9.59 Å². The molecule has 7 nitrogen and oxygen atoms in total. The van der Waals surface area contributed by atoms with Gasteiger partial charge in [-0.3, -0.25) is 10.1 Å². The smallest absolute Gasteiger partial charge is 0.321 e. The van der Waals surface area contributed by atoms with Crippen LogP contribution in [0.5, 0.6) is 5.75 Å². The number of hydrogen-bond donors (Lipinski definition) is 2. The van der Waals surface area contributed by atoms with E-state index in [-0.39, 0.29) is 24.4 Å². The molecule has 3 aromatic rings. The summed E-state index contributed by atoms with van der Waals surface area (Å²) in [7, 11) is 1.59. The Morgan fingerprint density at radius 3 is 2.89 bits per heavy atom. The van der Waals surface area contributed by atoms with E-state index < -0.39 is 0 Å². The zero-order chi connectivity index (χ0) is 19.7. The van der Waals surface area contributed by atoms with Crippen molar-refractivity contribution < 1.29 is 14.3 Å². The number of ether oxygens (including phenoxy) is 1. The number of urea groups is 1. The molecule has 0 bridgehead atoms. The molecule has 4 rings (SSSR count). The van der Waals surface area contributed by atoms with Gasteiger partial charge in [0.1, 0.15) is 5.75 Å². The molecule has 0 saturated carbocycles. The molecule has 1 saturated heterocycles. The van der Waals surface area contributed by atoms with Crippen molar-refractivity contribution in [3.8, 4) is 5.75 Å². The quantitative estimate of drug-likeness (QED) is 0.707. The van der Waals surface area contributed by atoms with Crippen LogP contribution < -0.4 is 20.3 Å². The largest absolute Gasteiger partial charge is 0.497 e. The lowest BCUT2D eigenvalue weighted by Gasteiger charge is -2.18. The maximum absolute atomic E-state index is 12.4. The van der Waals surface area contributed by atoms with E-state index in [4.69, 9.17) is 4.74 Å². The Balaban J connectivity index is 1.40. The first-order valence-electron chi connectivity index (χ1n) is 8.91. The lowest BCUT2D eigenvalue weighted by Crippen LogP contribution is -2.39. The third kappa shape index (κ3) is 3.63. The molecule has 2 N–H and O–H groups in total. The summed E-state index contributed by atoms with van der Waals surface area (Å²) in [6.07, 6.45) is 0.254. The number of fused-ring (bicyclic) bond motifs is 1. The summed E-state index contributed by atoms with van der Waals surface area (Å²) in [5.41, 5.74) is 2.72. The molecular weight excluding hydrogens is 376 g/mol. The van der Waals surface area contributed by atoms with E-state index >= 15 is 0 Å². The topological polar surface area (TPSA) is 83.6 Å². The fourth-order valence-electron chi connectivity index (χ4n) is 3.29. The zero-order valence-electron chi connectivity index (χ0n) is 15.6. The van der Waals surface area contributed by atoms with E-state index in [2.05, 4.69) is 15.6 Å². The van der Waals surface area contributed by atoms with Crippen LogP contribution in [0, 0.1) is 6.92 Å². The molecule has 28 heavy (non-hydrogen) atoms. The molecule has 0 spiro atoms. The maximum atomic E-state index is 12.4. The van der Waals surface area contributed by atoms with Gasteiger partial charge in [0.15, 0.2) is 5.13 Å². The van der Waals surface area contributed by atoms with Crippen LogP contribution in [0.2, 0.25) is 0 Å². The van der Waals surface area contributed by atoms with Crippen LogP contribution in [0.25, 0.3) is 10.2 Å². The van der Waals surface area contributed by atoms with Gasteiger partial charge in [-0.1, -0.05) is 29.5 Å². The number of hydrogen-bond acceptors (Lipinski definition) is 5. The first-order chi connectivity index (χ1) is 13.5. The predicted molar refractivity (Wildman–Crippen MR) is 110 cm³/mol. The van der Waals surface area contributed by atoms with Gasteiger partial charge in [0.05, 0.1) is 23.4 Å². The van der Waals surface area contributed by atoms with Gasteiger partial charge in [-0.15, -0.1) is 0 Å². The van der Waals surface area contributed by atoms with Crippen LogP contribution in [-0.2, 0) is 4.79 Å². The van der Waals surface area contributed by atoms with Crippen molar-refractivity contribution in [1.82, 2.24) is 10.3 Å². The number of thiazole rings is 1. The molecule has 1 aromatic heterocycles. The van der Waals surface area contributed by atoms with E-state index in [1.165, 1.54) is 11.3 Å². The molecule has 8 heteroatoms. The number of carbonyl (C=O) groups is 2. The summed E-state index contributed by atoms with van der Waals surface area (Å²) >= 11 is 1.43. The lowest BCUT2D eigenvalue weighted by molar-refractivity contribution is -0.117. The Morgan fingerprint density at radius 1 is 1.29 bits per heavy atom. The van der Waals surface area contributed by atoms with Gasteiger partial charge in [0, 0.05) is 24.7 Å². The Bertz CT molecular complexity index is 1050. The van der Waals surface area contributed by atoms with Crippen molar-refractivity contribution in [2.45, 2.75) is 19.4 Å². The third-order valence-corrected chi connectivity index (χ3v) is 5.60. The first kappa shape index (κ1) is 18.2. The van der Waals surface area contributed by atoms with Gasteiger partial charge in [-0.25, -0.2) is 9.78 Å². The number of methoxy groups -OCH3 is 1. The molecule has 0 unspecified atom stereocenters. The number of amides is 3. The highest BCUT2D eigenvalue weighted by molar-refractivity contribution is 7.22. The fourth-order valence-corrected chi connectivity index (χ4v) is 4.23. The number of benzene rings is 2. The highest BCUT2D eigenvalue weighted by Gasteiger charge is 2.31. The number of aromatic nitrogens is 1. The molecule has 0 radical (unpaired) electrons. The van der Waals surface area contributed by atoms with Gasteiger partial charge in [0.25, 0.3) is 0 Å². The SMILES string of the molecule is COc1cccc(N2C[C@@H](NC(=O)Nc3nc4c(C)cccc4s3)CC2=O)c1. The molecule has 1 fully saturated rings. The second-order valence-corrected chi connectivity index (χ2v) is 7.68. The molecule has 1 aliphatic rings. The summed E-state index contributed by atoms with van der Waals surface area (Å²) in [5.74, 6) is 0.653. The van der Waals surface area contributed by atoms with Crippen LogP contribution in [0.1, 0.15) is 12.0 Å². The molecule has 144 valence electrons. The molecule has 2 heterocycles. The minimum atomic E-state index is -0.359. The second kappa shape index (κ2) is 7.47. The minimum absolute atomic E-state index is 0.0332. The molecule has 1 aliphatic heterocycles. The van der Waals surface area contributed by atoms with Crippen LogP contribution in [0.3, 0.4) is 0 Å². The number of rotatable bonds is 4. The zero-order valence-corrected chi connectivity index (χ0v) is 16.4. The van der Waals surface area contributed by atoms with Gasteiger partial charge in [-0.2, -0.15) is 0 Å². The summed E-state index contributed by atoms with van der Waals surface area (Å²) in [5, 5.41) is 6.19. The normalized spacial score (nSPS) is 16.4. The molecule has 2 aromatic carbocycles. The Labute approximate surface area is 166 Å². The first-order valence-corrected chi connectivity index (χ1v) is 9.73. The van der Waals surface area contributed by atoms with Crippen molar-refractivity contribution in [2.24, 2.45) is 0 Å². The Kier molecular flexibility index (Phi) is 4.87. The molecule has 0 aliphatic carbocycles. The molecule has 1 atom stereocenters. The van der Waals surface area contributed by atoms with Crippen molar-refractivity contribution in [3.05, 3.63) is 48.0 Å². The van der Waals surface area contributed by atoms with Gasteiger partial charge in [-0.05, 0) is 30.7 Å². The van der Waals surface area contributed by atoms with Crippen LogP contribution >= 0.6 is 11.3 Å². The number of nitrogens with zero attached hydrogens (tertiary/aromatic N) is 2. The van der Waals surface area contributed by atoms with E-state index in [0.717, 1.165) is 21.5 Å². The Hall–Kier alpha value is -3.13. The number of aryl methyl sites for hydroxylation is 1. The standard InChI is InChI=1S/C20H20N4O3S/c1-12-5-3-8-16-18(12)22-20(28-16)23-19(26)21-13-9-17(25)24(11-13)14-6-4-7-15(10-14)27-2/h3-8,10,13H,9,11H2,1-2H3,(H2,21,22,23,26)/t13-/m0/s1. The summed E-state index contributed by atoms with van der Waals surface area (Å²) in [6.45, 7) is 2.40. The van der Waals surface area contributed by atoms with E-state index in [1.807, 2.05) is 49.4 Å². The Morgan fingerprint density at radius 2 is 2.11 bits per heavy atom. The lowest BCUT2D eigenvalue weighted by atomic mass is 10.2. The molecular formula is C20H20N4O3S. The van der Waals surface area contributed by atoms with Crippen LogP contribution in [-0.4, -0.2) is 36.6 Å². The maximum Gasteiger partial charge on any atom is 0.321 e.